The number of hydrogen-bond acceptors (Lipinski definition) is 4. The van der Waals surface area contributed by atoms with E-state index in [4.69, 9.17) is 4.74 Å². The topological polar surface area (TPSA) is 55.7 Å². The van der Waals surface area contributed by atoms with Gasteiger partial charge < -0.3 is 4.74 Å². The Hall–Kier alpha value is -2.19. The Bertz CT molecular complexity index is 1320. The molecule has 0 amide bonds. The molecule has 0 saturated heterocycles. The maximum Gasteiger partial charge on any atom is 0.337 e. The number of rotatable bonds is 4. The van der Waals surface area contributed by atoms with Gasteiger partial charge in [-0.3, -0.25) is 0 Å². The van der Waals surface area contributed by atoms with Gasteiger partial charge in [0.2, 0.25) is 6.08 Å². The third-order valence-electron chi connectivity index (χ3n) is 14.8. The van der Waals surface area contributed by atoms with Gasteiger partial charge in [-0.25, -0.2) is 9.59 Å². The van der Waals surface area contributed by atoms with E-state index in [1.807, 2.05) is 12.1 Å². The molecule has 0 aromatic heterocycles. The Morgan fingerprint density at radius 2 is 1.62 bits per heavy atom. The number of hydrogen-bond donors (Lipinski definition) is 0. The first kappa shape index (κ1) is 29.9. The van der Waals surface area contributed by atoms with Crippen molar-refractivity contribution in [2.75, 3.05) is 7.11 Å². The Balaban J connectivity index is 1.35. The fraction of sp³-hybridized carbons (Fsp3) is 0.737. The van der Waals surface area contributed by atoms with Crippen LogP contribution in [0.25, 0.3) is 5.57 Å². The number of isocyanates is 1. The zero-order chi connectivity index (χ0) is 30.3. The van der Waals surface area contributed by atoms with Crippen molar-refractivity contribution < 1.29 is 14.3 Å². The number of aliphatic imine (C=N–C) groups is 1. The van der Waals surface area contributed by atoms with Crippen molar-refractivity contribution in [3.05, 3.63) is 41.5 Å². The highest BCUT2D eigenvalue weighted by molar-refractivity contribution is 5.89. The van der Waals surface area contributed by atoms with E-state index in [1.165, 1.54) is 56.8 Å². The molecule has 1 aromatic rings. The number of benzene rings is 1. The second-order valence-electron chi connectivity index (χ2n) is 16.6. The standard InChI is InChI=1S/C38H53NO3/c1-24(2)27-15-20-38(39-23-40)22-21-36(6)29(32(27)38)13-14-31-35(5)18-16-28(25-9-11-26(12-10-25)33(41)42-8)34(3,4)30(35)17-19-37(31,36)7/h9-12,16,24,27,29-32H,13-15,17-22H2,1-8H3/t27-,29+,30?,31?,32?,35-,36+,37+,38-/m0/s1. The first-order valence-corrected chi connectivity index (χ1v) is 16.8. The van der Waals surface area contributed by atoms with Gasteiger partial charge in [-0.05, 0) is 138 Å². The number of esters is 1. The summed E-state index contributed by atoms with van der Waals surface area (Å²) >= 11 is 0. The SMILES string of the molecule is COC(=O)c1ccc(C2=CC[C@@]3(C)C(CC[C@]4(C)C3CC[C@@H]3C5[C@H](C(C)C)CC[C@]5(N=C=O)CC[C@]34C)C2(C)C)cc1. The van der Waals surface area contributed by atoms with Gasteiger partial charge in [-0.2, -0.15) is 4.99 Å². The molecule has 0 N–H and O–H groups in total. The van der Waals surface area contributed by atoms with E-state index in [9.17, 15) is 9.59 Å². The molecule has 228 valence electrons. The smallest absolute Gasteiger partial charge is 0.337 e. The van der Waals surface area contributed by atoms with Crippen molar-refractivity contribution in [1.82, 2.24) is 0 Å². The first-order valence-electron chi connectivity index (χ1n) is 16.8. The fourth-order valence-electron chi connectivity index (χ4n) is 12.6. The molecule has 5 aliphatic carbocycles. The molecule has 5 aliphatic rings. The van der Waals surface area contributed by atoms with E-state index in [-0.39, 0.29) is 33.2 Å². The molecule has 0 heterocycles. The number of carbonyl (C=O) groups is 1. The maximum absolute atomic E-state index is 12.1. The van der Waals surface area contributed by atoms with Crippen LogP contribution in [0.4, 0.5) is 0 Å². The number of nitrogens with zero attached hydrogens (tertiary/aromatic N) is 1. The molecule has 4 nitrogen and oxygen atoms in total. The van der Waals surface area contributed by atoms with E-state index >= 15 is 0 Å². The van der Waals surface area contributed by atoms with E-state index in [0.717, 1.165) is 19.3 Å². The zero-order valence-electron chi connectivity index (χ0n) is 27.4. The second-order valence-corrected chi connectivity index (χ2v) is 16.6. The lowest BCUT2D eigenvalue weighted by Gasteiger charge is -2.72. The molecule has 1 aromatic carbocycles. The molecule has 4 heteroatoms. The van der Waals surface area contributed by atoms with Crippen LogP contribution in [0.15, 0.2) is 35.3 Å². The average Bonchev–Trinajstić information content (AvgIpc) is 3.33. The Morgan fingerprint density at radius 1 is 0.905 bits per heavy atom. The van der Waals surface area contributed by atoms with Crippen LogP contribution in [-0.4, -0.2) is 24.7 Å². The van der Waals surface area contributed by atoms with E-state index < -0.39 is 0 Å². The van der Waals surface area contributed by atoms with Crippen molar-refractivity contribution in [2.45, 2.75) is 112 Å². The lowest BCUT2D eigenvalue weighted by atomic mass is 9.33. The summed E-state index contributed by atoms with van der Waals surface area (Å²) in [7, 11) is 1.44. The molecule has 3 unspecified atom stereocenters. The number of ether oxygens (including phenoxy) is 1. The number of allylic oxidation sites excluding steroid dienone is 2. The van der Waals surface area contributed by atoms with Crippen LogP contribution >= 0.6 is 0 Å². The monoisotopic (exact) mass is 571 g/mol. The van der Waals surface area contributed by atoms with Crippen LogP contribution in [0.1, 0.15) is 122 Å². The summed E-state index contributed by atoms with van der Waals surface area (Å²) in [6.45, 7) is 17.7. The largest absolute Gasteiger partial charge is 0.465 e. The van der Waals surface area contributed by atoms with Crippen LogP contribution in [0.5, 0.6) is 0 Å². The van der Waals surface area contributed by atoms with Gasteiger partial charge in [0, 0.05) is 0 Å². The third kappa shape index (κ3) is 3.89. The van der Waals surface area contributed by atoms with Gasteiger partial charge in [-0.15, -0.1) is 0 Å². The zero-order valence-corrected chi connectivity index (χ0v) is 27.4. The molecule has 0 radical (unpaired) electrons. The van der Waals surface area contributed by atoms with Crippen molar-refractivity contribution in [2.24, 2.45) is 62.2 Å². The van der Waals surface area contributed by atoms with Crippen molar-refractivity contribution in [3.8, 4) is 0 Å². The Labute approximate surface area is 254 Å². The number of methoxy groups -OCH3 is 1. The molecule has 42 heavy (non-hydrogen) atoms. The fourth-order valence-corrected chi connectivity index (χ4v) is 12.6. The van der Waals surface area contributed by atoms with Crippen molar-refractivity contribution in [3.63, 3.8) is 0 Å². The summed E-state index contributed by atoms with van der Waals surface area (Å²) in [5.74, 6) is 3.45. The van der Waals surface area contributed by atoms with Gasteiger partial charge in [-0.1, -0.05) is 66.7 Å². The lowest BCUT2D eigenvalue weighted by Crippen LogP contribution is -2.66. The third-order valence-corrected chi connectivity index (χ3v) is 14.8. The molecular formula is C38H53NO3. The van der Waals surface area contributed by atoms with Gasteiger partial charge in [0.25, 0.3) is 0 Å². The highest BCUT2D eigenvalue weighted by atomic mass is 16.5. The van der Waals surface area contributed by atoms with Crippen LogP contribution in [0, 0.1) is 57.2 Å². The quantitative estimate of drug-likeness (QED) is 0.206. The molecule has 4 saturated carbocycles. The van der Waals surface area contributed by atoms with Crippen LogP contribution in [0.3, 0.4) is 0 Å². The van der Waals surface area contributed by atoms with Gasteiger partial charge in [0.15, 0.2) is 0 Å². The first-order chi connectivity index (χ1) is 19.8. The molecule has 4 fully saturated rings. The molecule has 6 rings (SSSR count). The summed E-state index contributed by atoms with van der Waals surface area (Å²) in [4.78, 5) is 28.5. The lowest BCUT2D eigenvalue weighted by molar-refractivity contribution is -0.219. The minimum atomic E-state index is -0.281. The summed E-state index contributed by atoms with van der Waals surface area (Å²) in [6.07, 6.45) is 15.4. The van der Waals surface area contributed by atoms with Crippen molar-refractivity contribution >= 4 is 17.6 Å². The van der Waals surface area contributed by atoms with Gasteiger partial charge in [0.05, 0.1) is 18.2 Å². The highest BCUT2D eigenvalue weighted by Gasteiger charge is 2.70. The molecule has 9 atom stereocenters. The van der Waals surface area contributed by atoms with Crippen molar-refractivity contribution in [1.29, 1.82) is 0 Å². The summed E-state index contributed by atoms with van der Waals surface area (Å²) < 4.78 is 4.93. The van der Waals surface area contributed by atoms with Gasteiger partial charge in [0.1, 0.15) is 0 Å². The summed E-state index contributed by atoms with van der Waals surface area (Å²) in [5, 5.41) is 0. The van der Waals surface area contributed by atoms with Crippen LogP contribution in [-0.2, 0) is 9.53 Å². The predicted molar refractivity (Wildman–Crippen MR) is 169 cm³/mol. The van der Waals surface area contributed by atoms with Crippen LogP contribution < -0.4 is 0 Å². The predicted octanol–water partition coefficient (Wildman–Crippen LogP) is 9.29. The Morgan fingerprint density at radius 3 is 2.26 bits per heavy atom. The molecule has 0 spiro atoms. The summed E-state index contributed by atoms with van der Waals surface area (Å²) in [6, 6.07) is 8.06. The van der Waals surface area contributed by atoms with E-state index in [1.54, 1.807) is 0 Å². The molecule has 0 bridgehead atoms. The highest BCUT2D eigenvalue weighted by Crippen LogP contribution is 2.77. The van der Waals surface area contributed by atoms with E-state index in [0.29, 0.717) is 41.1 Å². The number of fused-ring (bicyclic) bond motifs is 7. The summed E-state index contributed by atoms with van der Waals surface area (Å²) in [5.41, 5.74) is 3.96. The van der Waals surface area contributed by atoms with Gasteiger partial charge >= 0.3 is 5.97 Å². The maximum atomic E-state index is 12.1. The molecule has 0 aliphatic heterocycles. The Kier molecular flexibility index (Phi) is 7.05. The normalized spacial score (nSPS) is 43.6. The van der Waals surface area contributed by atoms with E-state index in [2.05, 4.69) is 77.7 Å². The average molecular weight is 572 g/mol. The number of carbonyl (C=O) groups excluding carboxylic acids is 2. The molecular weight excluding hydrogens is 518 g/mol. The second kappa shape index (κ2) is 9.91. The minimum absolute atomic E-state index is 0.0491. The minimum Gasteiger partial charge on any atom is -0.465 e. The van der Waals surface area contributed by atoms with Crippen LogP contribution in [0.2, 0.25) is 0 Å².